The molecule has 0 amide bonds. The van der Waals surface area contributed by atoms with E-state index in [-0.39, 0.29) is 17.0 Å². The summed E-state index contributed by atoms with van der Waals surface area (Å²) in [5.41, 5.74) is 3.01. The Labute approximate surface area is 258 Å². The zero-order chi connectivity index (χ0) is 30.9. The number of piperidine rings is 1. The quantitative estimate of drug-likeness (QED) is 0.276. The lowest BCUT2D eigenvalue weighted by atomic mass is 9.74. The van der Waals surface area contributed by atoms with Crippen molar-refractivity contribution in [3.63, 3.8) is 0 Å². The van der Waals surface area contributed by atoms with Crippen molar-refractivity contribution < 1.29 is 22.3 Å². The van der Waals surface area contributed by atoms with E-state index in [0.717, 1.165) is 76.3 Å². The zero-order valence-electron chi connectivity index (χ0n) is 25.7. The van der Waals surface area contributed by atoms with Crippen molar-refractivity contribution in [2.24, 2.45) is 5.41 Å². The van der Waals surface area contributed by atoms with Gasteiger partial charge in [-0.25, -0.2) is 17.6 Å². The van der Waals surface area contributed by atoms with Gasteiger partial charge < -0.3 is 15.0 Å². The number of halogens is 4. The maximum absolute atomic E-state index is 16.2. The Kier molecular flexibility index (Phi) is 8.93. The van der Waals surface area contributed by atoms with Crippen LogP contribution in [0, 0.1) is 17.0 Å². The third-order valence-electron chi connectivity index (χ3n) is 9.79. The number of nitrogens with zero attached hydrogens (tertiary/aromatic N) is 2. The first-order valence-electron chi connectivity index (χ1n) is 16.0. The molecule has 3 atom stereocenters. The molecule has 0 radical (unpaired) electrons. The number of benzene rings is 3. The van der Waals surface area contributed by atoms with Crippen LogP contribution in [0.4, 0.5) is 23.2 Å². The number of hydrogen-bond donors (Lipinski definition) is 1. The molecule has 3 aromatic carbocycles. The van der Waals surface area contributed by atoms with Crippen molar-refractivity contribution in [1.82, 2.24) is 10.2 Å². The van der Waals surface area contributed by atoms with E-state index < -0.39 is 30.1 Å². The second-order valence-electron chi connectivity index (χ2n) is 13.3. The van der Waals surface area contributed by atoms with Crippen LogP contribution in [0.25, 0.3) is 0 Å². The Morgan fingerprint density at radius 1 is 0.955 bits per heavy atom. The molecule has 0 aromatic heterocycles. The van der Waals surface area contributed by atoms with E-state index >= 15 is 8.78 Å². The molecule has 2 saturated heterocycles. The number of ether oxygens (including phenoxy) is 1. The average Bonchev–Trinajstić information content (AvgIpc) is 3.22. The summed E-state index contributed by atoms with van der Waals surface area (Å²) in [6.45, 7) is 5.98. The van der Waals surface area contributed by atoms with Crippen LogP contribution in [0.15, 0.2) is 60.7 Å². The summed E-state index contributed by atoms with van der Waals surface area (Å²) in [7, 11) is 0. The normalized spacial score (nSPS) is 24.6. The second kappa shape index (κ2) is 12.7. The highest BCUT2D eigenvalue weighted by Gasteiger charge is 2.41. The van der Waals surface area contributed by atoms with Gasteiger partial charge in [0.05, 0.1) is 12.6 Å². The number of fused-ring (bicyclic) bond motifs is 1. The van der Waals surface area contributed by atoms with Crippen LogP contribution in [0.3, 0.4) is 0 Å². The van der Waals surface area contributed by atoms with Gasteiger partial charge in [-0.1, -0.05) is 36.4 Å². The smallest absolute Gasteiger partial charge is 0.257 e. The minimum absolute atomic E-state index is 0.148. The molecular formula is C36H43F4N3O. The van der Waals surface area contributed by atoms with E-state index in [9.17, 15) is 8.78 Å². The van der Waals surface area contributed by atoms with Crippen LogP contribution in [0.2, 0.25) is 0 Å². The molecule has 4 nitrogen and oxygen atoms in total. The minimum atomic E-state index is -3.04. The number of alkyl halides is 2. The maximum Gasteiger partial charge on any atom is 0.257 e. The highest BCUT2D eigenvalue weighted by Crippen LogP contribution is 2.44. The van der Waals surface area contributed by atoms with Crippen molar-refractivity contribution in [3.05, 3.63) is 94.6 Å². The van der Waals surface area contributed by atoms with Gasteiger partial charge in [-0.3, -0.25) is 4.90 Å². The molecule has 0 bridgehead atoms. The largest absolute Gasteiger partial charge is 0.489 e. The van der Waals surface area contributed by atoms with Gasteiger partial charge in [-0.2, -0.15) is 0 Å². The Morgan fingerprint density at radius 3 is 2.45 bits per heavy atom. The van der Waals surface area contributed by atoms with Crippen molar-refractivity contribution in [2.75, 3.05) is 37.6 Å². The lowest BCUT2D eigenvalue weighted by molar-refractivity contribution is -0.0371. The number of nitrogens with one attached hydrogen (secondary N) is 1. The van der Waals surface area contributed by atoms with E-state index in [1.165, 1.54) is 12.1 Å². The SMILES string of the molecule is C[C@@H]1Cc2cc(OCc3ccccc3)ccc2C(c2c(F)cc(N3CCCC4(CCCNCC4)C3)cc2F)N1CC(C)(F)F. The Hall–Kier alpha value is -3.10. The maximum atomic E-state index is 16.2. The van der Waals surface area contributed by atoms with Gasteiger partial charge in [0.2, 0.25) is 0 Å². The van der Waals surface area contributed by atoms with Crippen LogP contribution in [-0.4, -0.2) is 49.6 Å². The summed E-state index contributed by atoms with van der Waals surface area (Å²) >= 11 is 0. The summed E-state index contributed by atoms with van der Waals surface area (Å²) in [6.07, 6.45) is 5.84. The first-order valence-corrected chi connectivity index (χ1v) is 16.0. The molecule has 3 aliphatic rings. The van der Waals surface area contributed by atoms with Crippen molar-refractivity contribution in [2.45, 2.75) is 77.0 Å². The fraction of sp³-hybridized carbons (Fsp3) is 0.500. The van der Waals surface area contributed by atoms with Crippen molar-refractivity contribution in [3.8, 4) is 5.75 Å². The molecule has 2 unspecified atom stereocenters. The first kappa shape index (κ1) is 30.9. The van der Waals surface area contributed by atoms with Crippen LogP contribution in [0.1, 0.15) is 74.2 Å². The molecular weight excluding hydrogens is 566 g/mol. The van der Waals surface area contributed by atoms with Crippen LogP contribution >= 0.6 is 0 Å². The van der Waals surface area contributed by atoms with E-state index in [0.29, 0.717) is 30.0 Å². The molecule has 236 valence electrons. The highest BCUT2D eigenvalue weighted by molar-refractivity contribution is 5.53. The van der Waals surface area contributed by atoms with Gasteiger partial charge in [0.1, 0.15) is 24.0 Å². The summed E-state index contributed by atoms with van der Waals surface area (Å²) in [4.78, 5) is 3.68. The van der Waals surface area contributed by atoms with E-state index in [4.69, 9.17) is 4.74 Å². The van der Waals surface area contributed by atoms with E-state index in [1.807, 2.05) is 43.3 Å². The topological polar surface area (TPSA) is 27.7 Å². The van der Waals surface area contributed by atoms with Gasteiger partial charge in [0.25, 0.3) is 5.92 Å². The van der Waals surface area contributed by atoms with E-state index in [1.54, 1.807) is 17.0 Å². The van der Waals surface area contributed by atoms with Crippen LogP contribution in [0.5, 0.6) is 5.75 Å². The van der Waals surface area contributed by atoms with Crippen molar-refractivity contribution >= 4 is 5.69 Å². The number of hydrogen-bond acceptors (Lipinski definition) is 4. The Morgan fingerprint density at radius 2 is 1.70 bits per heavy atom. The molecule has 0 aliphatic carbocycles. The van der Waals surface area contributed by atoms with Gasteiger partial charge in [-0.05, 0) is 105 Å². The minimum Gasteiger partial charge on any atom is -0.489 e. The lowest BCUT2D eigenvalue weighted by Gasteiger charge is -2.44. The van der Waals surface area contributed by atoms with Gasteiger partial charge in [-0.15, -0.1) is 0 Å². The summed E-state index contributed by atoms with van der Waals surface area (Å²) in [6, 6.07) is 16.7. The zero-order valence-corrected chi connectivity index (χ0v) is 25.7. The van der Waals surface area contributed by atoms with Gasteiger partial charge >= 0.3 is 0 Å². The average molecular weight is 610 g/mol. The third kappa shape index (κ3) is 6.76. The molecule has 1 spiro atoms. The summed E-state index contributed by atoms with van der Waals surface area (Å²) < 4.78 is 67.6. The Bertz CT molecular complexity index is 1410. The fourth-order valence-electron chi connectivity index (χ4n) is 7.66. The first-order chi connectivity index (χ1) is 21.1. The Balaban J connectivity index is 1.33. The van der Waals surface area contributed by atoms with E-state index in [2.05, 4.69) is 10.2 Å². The van der Waals surface area contributed by atoms with Crippen LogP contribution < -0.4 is 15.0 Å². The van der Waals surface area contributed by atoms with Crippen LogP contribution in [-0.2, 0) is 13.0 Å². The second-order valence-corrected chi connectivity index (χ2v) is 13.3. The van der Waals surface area contributed by atoms with Gasteiger partial charge in [0.15, 0.2) is 0 Å². The summed E-state index contributed by atoms with van der Waals surface area (Å²) in [5, 5.41) is 3.48. The number of anilines is 1. The third-order valence-corrected chi connectivity index (χ3v) is 9.79. The molecule has 44 heavy (non-hydrogen) atoms. The standard InChI is InChI=1S/C36H43F4N3O/c1-25-18-27-19-29(44-22-26-8-4-3-5-9-26)10-11-30(27)34(43(25)23-35(2,39)40)33-31(37)20-28(21-32(33)38)42-17-7-13-36(24-42)12-6-15-41-16-14-36/h3-5,8-11,19-21,25,34,41H,6-7,12-18,22-24H2,1-2H3/t25-,34?,36?/m1/s1. The fourth-order valence-corrected chi connectivity index (χ4v) is 7.66. The molecule has 3 heterocycles. The monoisotopic (exact) mass is 609 g/mol. The molecule has 3 aromatic rings. The molecule has 0 saturated carbocycles. The molecule has 1 N–H and O–H groups in total. The molecule has 8 heteroatoms. The molecule has 3 aliphatic heterocycles. The van der Waals surface area contributed by atoms with Gasteiger partial charge in [0, 0.05) is 37.3 Å². The highest BCUT2D eigenvalue weighted by atomic mass is 19.3. The van der Waals surface area contributed by atoms with Crippen molar-refractivity contribution in [1.29, 1.82) is 0 Å². The lowest BCUT2D eigenvalue weighted by Crippen LogP contribution is -2.48. The predicted molar refractivity (Wildman–Crippen MR) is 167 cm³/mol. The molecule has 2 fully saturated rings. The summed E-state index contributed by atoms with van der Waals surface area (Å²) in [5.74, 6) is -3.79. The predicted octanol–water partition coefficient (Wildman–Crippen LogP) is 7.90. The number of rotatable bonds is 7. The molecule has 6 rings (SSSR count).